The number of rotatable bonds is 3. The van der Waals surface area contributed by atoms with Gasteiger partial charge in [-0.2, -0.15) is 5.10 Å². The SMILES string of the molecule is O=Cc1ccnn1CCF. The third-order valence-electron chi connectivity index (χ3n) is 1.17. The predicted molar refractivity (Wildman–Crippen MR) is 33.6 cm³/mol. The Kier molecular flexibility index (Phi) is 2.15. The molecule has 0 fully saturated rings. The topological polar surface area (TPSA) is 34.9 Å². The molecule has 0 aliphatic rings. The Morgan fingerprint density at radius 3 is 3.20 bits per heavy atom. The van der Waals surface area contributed by atoms with E-state index >= 15 is 0 Å². The van der Waals surface area contributed by atoms with E-state index in [1.165, 1.54) is 10.9 Å². The molecule has 10 heavy (non-hydrogen) atoms. The summed E-state index contributed by atoms with van der Waals surface area (Å²) < 4.78 is 13.0. The summed E-state index contributed by atoms with van der Waals surface area (Å²) in [5.41, 5.74) is 0.414. The van der Waals surface area contributed by atoms with Gasteiger partial charge >= 0.3 is 0 Å². The van der Waals surface area contributed by atoms with Gasteiger partial charge in [0.25, 0.3) is 0 Å². The fourth-order valence-corrected chi connectivity index (χ4v) is 0.710. The largest absolute Gasteiger partial charge is 0.296 e. The molecular weight excluding hydrogens is 135 g/mol. The van der Waals surface area contributed by atoms with Gasteiger partial charge in [-0.05, 0) is 6.07 Å². The normalized spacial score (nSPS) is 9.70. The third kappa shape index (κ3) is 1.21. The second-order valence-electron chi connectivity index (χ2n) is 1.79. The van der Waals surface area contributed by atoms with Crippen molar-refractivity contribution in [2.45, 2.75) is 6.54 Å². The van der Waals surface area contributed by atoms with E-state index in [2.05, 4.69) is 5.10 Å². The summed E-state index contributed by atoms with van der Waals surface area (Å²) in [7, 11) is 0. The summed E-state index contributed by atoms with van der Waals surface area (Å²) in [6.07, 6.45) is 2.13. The summed E-state index contributed by atoms with van der Waals surface area (Å²) in [5.74, 6) is 0. The van der Waals surface area contributed by atoms with Gasteiger partial charge in [0, 0.05) is 6.20 Å². The van der Waals surface area contributed by atoms with Crippen molar-refractivity contribution in [1.29, 1.82) is 0 Å². The molecule has 0 saturated heterocycles. The smallest absolute Gasteiger partial charge is 0.168 e. The van der Waals surface area contributed by atoms with E-state index in [-0.39, 0.29) is 6.54 Å². The highest BCUT2D eigenvalue weighted by molar-refractivity contribution is 5.71. The lowest BCUT2D eigenvalue weighted by atomic mass is 10.5. The molecule has 0 atom stereocenters. The summed E-state index contributed by atoms with van der Waals surface area (Å²) >= 11 is 0. The molecule has 0 radical (unpaired) electrons. The Labute approximate surface area is 57.5 Å². The van der Waals surface area contributed by atoms with Crippen LogP contribution in [0.3, 0.4) is 0 Å². The number of alkyl halides is 1. The van der Waals surface area contributed by atoms with Gasteiger partial charge in [0.15, 0.2) is 6.29 Å². The molecule has 0 bridgehead atoms. The minimum Gasteiger partial charge on any atom is -0.296 e. The summed E-state index contributed by atoms with van der Waals surface area (Å²) in [6, 6.07) is 1.54. The van der Waals surface area contributed by atoms with Gasteiger partial charge in [-0.3, -0.25) is 9.48 Å². The number of hydrogen-bond donors (Lipinski definition) is 0. The highest BCUT2D eigenvalue weighted by atomic mass is 19.1. The minimum absolute atomic E-state index is 0.154. The van der Waals surface area contributed by atoms with Gasteiger partial charge in [0.2, 0.25) is 0 Å². The van der Waals surface area contributed by atoms with Crippen LogP contribution in [0.1, 0.15) is 10.5 Å². The van der Waals surface area contributed by atoms with Crippen molar-refractivity contribution in [3.8, 4) is 0 Å². The molecule has 0 unspecified atom stereocenters. The molecule has 54 valence electrons. The van der Waals surface area contributed by atoms with Crippen LogP contribution >= 0.6 is 0 Å². The second kappa shape index (κ2) is 3.10. The van der Waals surface area contributed by atoms with E-state index in [1.807, 2.05) is 0 Å². The van der Waals surface area contributed by atoms with Crippen LogP contribution in [0, 0.1) is 0 Å². The fourth-order valence-electron chi connectivity index (χ4n) is 0.710. The molecule has 1 aromatic rings. The predicted octanol–water partition coefficient (Wildman–Crippen LogP) is 0.665. The lowest BCUT2D eigenvalue weighted by Crippen LogP contribution is -2.05. The molecule has 0 aliphatic carbocycles. The van der Waals surface area contributed by atoms with Crippen molar-refractivity contribution < 1.29 is 9.18 Å². The van der Waals surface area contributed by atoms with Crippen LogP contribution in [0.15, 0.2) is 12.3 Å². The van der Waals surface area contributed by atoms with Crippen molar-refractivity contribution >= 4 is 6.29 Å². The van der Waals surface area contributed by atoms with E-state index in [1.54, 1.807) is 6.07 Å². The maximum absolute atomic E-state index is 11.7. The lowest BCUT2D eigenvalue weighted by Gasteiger charge is -1.96. The molecule has 1 rings (SSSR count). The van der Waals surface area contributed by atoms with Gasteiger partial charge in [-0.1, -0.05) is 0 Å². The van der Waals surface area contributed by atoms with E-state index in [4.69, 9.17) is 0 Å². The number of aldehydes is 1. The number of aryl methyl sites for hydroxylation is 1. The number of halogens is 1. The van der Waals surface area contributed by atoms with Crippen molar-refractivity contribution in [1.82, 2.24) is 9.78 Å². The first kappa shape index (κ1) is 6.92. The zero-order valence-corrected chi connectivity index (χ0v) is 5.33. The zero-order valence-electron chi connectivity index (χ0n) is 5.33. The Balaban J connectivity index is 2.79. The number of carbonyl (C=O) groups is 1. The van der Waals surface area contributed by atoms with Crippen molar-refractivity contribution in [2.24, 2.45) is 0 Å². The van der Waals surface area contributed by atoms with Crippen LogP contribution in [0.4, 0.5) is 4.39 Å². The van der Waals surface area contributed by atoms with Gasteiger partial charge in [0.05, 0.1) is 6.54 Å². The third-order valence-corrected chi connectivity index (χ3v) is 1.17. The van der Waals surface area contributed by atoms with Crippen LogP contribution in [0.5, 0.6) is 0 Å². The van der Waals surface area contributed by atoms with E-state index < -0.39 is 6.67 Å². The molecule has 0 aliphatic heterocycles. The van der Waals surface area contributed by atoms with Crippen LogP contribution in [0.2, 0.25) is 0 Å². The number of aromatic nitrogens is 2. The first-order chi connectivity index (χ1) is 4.88. The monoisotopic (exact) mass is 142 g/mol. The average Bonchev–Trinajstić information content (AvgIpc) is 2.36. The van der Waals surface area contributed by atoms with E-state index in [9.17, 15) is 9.18 Å². The Hall–Kier alpha value is -1.19. The Morgan fingerprint density at radius 1 is 1.80 bits per heavy atom. The van der Waals surface area contributed by atoms with E-state index in [0.29, 0.717) is 12.0 Å². The molecule has 0 saturated carbocycles. The highest BCUT2D eigenvalue weighted by Crippen LogP contribution is 1.93. The van der Waals surface area contributed by atoms with Crippen molar-refractivity contribution in [2.75, 3.05) is 6.67 Å². The average molecular weight is 142 g/mol. The quantitative estimate of drug-likeness (QED) is 0.581. The number of hydrogen-bond acceptors (Lipinski definition) is 2. The lowest BCUT2D eigenvalue weighted by molar-refractivity contribution is 0.111. The summed E-state index contributed by atoms with van der Waals surface area (Å²) in [6.45, 7) is -0.344. The van der Waals surface area contributed by atoms with Gasteiger partial charge in [-0.15, -0.1) is 0 Å². The van der Waals surface area contributed by atoms with Crippen LogP contribution in [0.25, 0.3) is 0 Å². The van der Waals surface area contributed by atoms with Crippen molar-refractivity contribution in [3.05, 3.63) is 18.0 Å². The Morgan fingerprint density at radius 2 is 2.60 bits per heavy atom. The Bertz CT molecular complexity index is 221. The molecule has 4 heteroatoms. The zero-order chi connectivity index (χ0) is 7.40. The van der Waals surface area contributed by atoms with Crippen LogP contribution < -0.4 is 0 Å². The van der Waals surface area contributed by atoms with Crippen molar-refractivity contribution in [3.63, 3.8) is 0 Å². The molecule has 0 spiro atoms. The molecule has 3 nitrogen and oxygen atoms in total. The van der Waals surface area contributed by atoms with Gasteiger partial charge < -0.3 is 0 Å². The standard InChI is InChI=1S/C6H7FN2O/c7-2-4-9-6(5-10)1-3-8-9/h1,3,5H,2,4H2. The summed E-state index contributed by atoms with van der Waals surface area (Å²) in [5, 5.41) is 3.72. The fraction of sp³-hybridized carbons (Fsp3) is 0.333. The molecule has 0 N–H and O–H groups in total. The maximum atomic E-state index is 11.7. The molecule has 1 heterocycles. The molecule has 1 aromatic heterocycles. The highest BCUT2D eigenvalue weighted by Gasteiger charge is 1.97. The first-order valence-corrected chi connectivity index (χ1v) is 2.91. The molecule has 0 amide bonds. The number of nitrogens with zero attached hydrogens (tertiary/aromatic N) is 2. The first-order valence-electron chi connectivity index (χ1n) is 2.91. The van der Waals surface area contributed by atoms with Gasteiger partial charge in [0.1, 0.15) is 12.4 Å². The van der Waals surface area contributed by atoms with Crippen LogP contribution in [-0.4, -0.2) is 22.7 Å². The summed E-state index contributed by atoms with van der Waals surface area (Å²) in [4.78, 5) is 10.2. The van der Waals surface area contributed by atoms with Gasteiger partial charge in [-0.25, -0.2) is 4.39 Å². The maximum Gasteiger partial charge on any atom is 0.168 e. The van der Waals surface area contributed by atoms with E-state index in [0.717, 1.165) is 0 Å². The molecular formula is C6H7FN2O. The minimum atomic E-state index is -0.498. The number of carbonyl (C=O) groups excluding carboxylic acids is 1. The van der Waals surface area contributed by atoms with Crippen LogP contribution in [-0.2, 0) is 6.54 Å². The molecule has 0 aromatic carbocycles. The second-order valence-corrected chi connectivity index (χ2v) is 1.79.